The van der Waals surface area contributed by atoms with E-state index in [2.05, 4.69) is 10.5 Å². The van der Waals surface area contributed by atoms with Gasteiger partial charge in [0.1, 0.15) is 6.33 Å². The van der Waals surface area contributed by atoms with Gasteiger partial charge >= 0.3 is 5.69 Å². The van der Waals surface area contributed by atoms with Gasteiger partial charge in [-0.1, -0.05) is 0 Å². The van der Waals surface area contributed by atoms with E-state index in [0.717, 1.165) is 0 Å². The summed E-state index contributed by atoms with van der Waals surface area (Å²) in [4.78, 5) is 11.0. The van der Waals surface area contributed by atoms with Crippen LogP contribution in [-0.2, 0) is 6.54 Å². The molecule has 0 fully saturated rings. The molecule has 1 N–H and O–H groups in total. The number of nitrogens with zero attached hydrogens (tertiary/aromatic N) is 3. The van der Waals surface area contributed by atoms with Crippen molar-refractivity contribution in [3.63, 3.8) is 0 Å². The summed E-state index contributed by atoms with van der Waals surface area (Å²) in [7, 11) is 1.67. The van der Waals surface area contributed by atoms with Crippen LogP contribution in [0.4, 0.5) is 0 Å². The molecule has 0 spiro atoms. The zero-order valence-electron chi connectivity index (χ0n) is 6.03. The predicted octanol–water partition coefficient (Wildman–Crippen LogP) is -0.762. The minimum atomic E-state index is -0.134. The lowest BCUT2D eigenvalue weighted by atomic mass is 10.8. The molecular formula is C5H10N4O. The molecule has 1 aromatic rings. The van der Waals surface area contributed by atoms with Gasteiger partial charge in [0.05, 0.1) is 0 Å². The van der Waals surface area contributed by atoms with Gasteiger partial charge in [-0.05, 0) is 6.92 Å². The van der Waals surface area contributed by atoms with Gasteiger partial charge in [-0.3, -0.25) is 0 Å². The summed E-state index contributed by atoms with van der Waals surface area (Å²) in [6.45, 7) is 2.47. The summed E-state index contributed by atoms with van der Waals surface area (Å²) in [6.07, 6.45) is 1.45. The normalized spacial score (nSPS) is 9.80. The molecule has 1 aromatic heterocycles. The van der Waals surface area contributed by atoms with E-state index in [-0.39, 0.29) is 5.69 Å². The lowest BCUT2D eigenvalue weighted by Crippen LogP contribution is -2.28. The molecule has 1 rings (SSSR count). The monoisotopic (exact) mass is 142 g/mol. The van der Waals surface area contributed by atoms with Crippen LogP contribution in [0.2, 0.25) is 0 Å². The Morgan fingerprint density at radius 1 is 1.80 bits per heavy atom. The van der Waals surface area contributed by atoms with E-state index >= 15 is 0 Å². The first kappa shape index (κ1) is 6.85. The molecule has 0 bridgehead atoms. The third-order valence-corrected chi connectivity index (χ3v) is 1.27. The molecule has 0 saturated carbocycles. The summed E-state index contributed by atoms with van der Waals surface area (Å²) in [5.74, 6) is 0. The van der Waals surface area contributed by atoms with Gasteiger partial charge in [0.25, 0.3) is 0 Å². The summed E-state index contributed by atoms with van der Waals surface area (Å²) >= 11 is 0. The minimum absolute atomic E-state index is 0.134. The Labute approximate surface area is 58.2 Å². The van der Waals surface area contributed by atoms with Crippen LogP contribution in [0.3, 0.4) is 0 Å². The summed E-state index contributed by atoms with van der Waals surface area (Å²) in [5, 5.41) is 3.81. The molecule has 0 saturated heterocycles. The molecule has 0 aliphatic rings. The quantitative estimate of drug-likeness (QED) is 0.590. The summed E-state index contributed by atoms with van der Waals surface area (Å²) in [6, 6.07) is 0. The fourth-order valence-electron chi connectivity index (χ4n) is 0.707. The van der Waals surface area contributed by atoms with Gasteiger partial charge in [-0.25, -0.2) is 9.48 Å². The number of nitrogens with one attached hydrogen (secondary N) is 1. The van der Waals surface area contributed by atoms with Gasteiger partial charge in [-0.2, -0.15) is 9.77 Å². The molecule has 0 aliphatic carbocycles. The second-order valence-corrected chi connectivity index (χ2v) is 1.82. The summed E-state index contributed by atoms with van der Waals surface area (Å²) < 4.78 is 2.69. The highest BCUT2D eigenvalue weighted by molar-refractivity contribution is 4.71. The van der Waals surface area contributed by atoms with Crippen LogP contribution in [-0.4, -0.2) is 21.5 Å². The average molecular weight is 142 g/mol. The van der Waals surface area contributed by atoms with Gasteiger partial charge in [0.15, 0.2) is 0 Å². The lowest BCUT2D eigenvalue weighted by Gasteiger charge is -1.93. The molecule has 0 unspecified atom stereocenters. The molecule has 0 atom stereocenters. The molecule has 1 heterocycles. The van der Waals surface area contributed by atoms with E-state index < -0.39 is 0 Å². The van der Waals surface area contributed by atoms with Gasteiger partial charge < -0.3 is 5.43 Å². The van der Waals surface area contributed by atoms with Gasteiger partial charge in [-0.15, -0.1) is 0 Å². The van der Waals surface area contributed by atoms with Gasteiger partial charge in [0.2, 0.25) is 0 Å². The van der Waals surface area contributed by atoms with Gasteiger partial charge in [0, 0.05) is 13.6 Å². The first-order valence-corrected chi connectivity index (χ1v) is 3.11. The Morgan fingerprint density at radius 2 is 2.50 bits per heavy atom. The second kappa shape index (κ2) is 2.55. The highest BCUT2D eigenvalue weighted by Gasteiger charge is 1.98. The van der Waals surface area contributed by atoms with Crippen LogP contribution >= 0.6 is 0 Å². The number of hydrogen-bond acceptors (Lipinski definition) is 3. The van der Waals surface area contributed by atoms with Crippen molar-refractivity contribution in [3.8, 4) is 0 Å². The maximum atomic E-state index is 11.0. The van der Waals surface area contributed by atoms with E-state index in [9.17, 15) is 4.79 Å². The Morgan fingerprint density at radius 3 is 2.80 bits per heavy atom. The van der Waals surface area contributed by atoms with Crippen molar-refractivity contribution in [1.82, 2.24) is 14.5 Å². The van der Waals surface area contributed by atoms with Crippen molar-refractivity contribution in [2.24, 2.45) is 0 Å². The maximum absolute atomic E-state index is 11.0. The number of aryl methyl sites for hydroxylation is 1. The van der Waals surface area contributed by atoms with Crippen LogP contribution in [0, 0.1) is 0 Å². The van der Waals surface area contributed by atoms with Crippen molar-refractivity contribution < 1.29 is 0 Å². The number of rotatable bonds is 2. The predicted molar refractivity (Wildman–Crippen MR) is 37.4 cm³/mol. The van der Waals surface area contributed by atoms with Crippen LogP contribution in [0.15, 0.2) is 11.1 Å². The van der Waals surface area contributed by atoms with Crippen molar-refractivity contribution in [1.29, 1.82) is 0 Å². The van der Waals surface area contributed by atoms with E-state index in [0.29, 0.717) is 6.54 Å². The zero-order chi connectivity index (χ0) is 7.56. The van der Waals surface area contributed by atoms with E-state index in [1.807, 2.05) is 6.92 Å². The molecule has 0 aliphatic heterocycles. The standard InChI is InChI=1S/C5H10N4O/c1-3-8-5(10)9(6-2)4-7-8/h4,6H,3H2,1-2H3. The molecule has 56 valence electrons. The zero-order valence-corrected chi connectivity index (χ0v) is 6.03. The first-order valence-electron chi connectivity index (χ1n) is 3.11. The number of hydrogen-bond donors (Lipinski definition) is 1. The Bertz CT molecular complexity index is 236. The smallest absolute Gasteiger partial charge is 0.324 e. The van der Waals surface area contributed by atoms with E-state index in [1.165, 1.54) is 15.7 Å². The van der Waals surface area contributed by atoms with Crippen molar-refractivity contribution >= 4 is 0 Å². The third-order valence-electron chi connectivity index (χ3n) is 1.27. The van der Waals surface area contributed by atoms with Crippen LogP contribution < -0.4 is 11.1 Å². The minimum Gasteiger partial charge on any atom is -0.324 e. The molecule has 10 heavy (non-hydrogen) atoms. The molecular weight excluding hydrogens is 132 g/mol. The van der Waals surface area contributed by atoms with E-state index in [4.69, 9.17) is 0 Å². The molecule has 5 heteroatoms. The highest BCUT2D eigenvalue weighted by Crippen LogP contribution is 1.72. The lowest BCUT2D eigenvalue weighted by molar-refractivity contribution is 0.624. The van der Waals surface area contributed by atoms with Crippen molar-refractivity contribution in [2.45, 2.75) is 13.5 Å². The molecule has 5 nitrogen and oxygen atoms in total. The topological polar surface area (TPSA) is 51.9 Å². The fraction of sp³-hybridized carbons (Fsp3) is 0.600. The van der Waals surface area contributed by atoms with Crippen LogP contribution in [0.5, 0.6) is 0 Å². The number of aromatic nitrogens is 3. The first-order chi connectivity index (χ1) is 4.79. The average Bonchev–Trinajstić information content (AvgIpc) is 2.30. The van der Waals surface area contributed by atoms with Crippen molar-refractivity contribution in [3.05, 3.63) is 16.8 Å². The Balaban J connectivity index is 3.09. The SMILES string of the molecule is CCn1ncn(NC)c1=O. The highest BCUT2D eigenvalue weighted by atomic mass is 16.2. The van der Waals surface area contributed by atoms with Crippen LogP contribution in [0.1, 0.15) is 6.92 Å². The Hall–Kier alpha value is -1.26. The molecule has 0 aromatic carbocycles. The summed E-state index contributed by atoms with van der Waals surface area (Å²) in [5.41, 5.74) is 2.54. The second-order valence-electron chi connectivity index (χ2n) is 1.82. The molecule has 0 radical (unpaired) electrons. The van der Waals surface area contributed by atoms with Crippen molar-refractivity contribution in [2.75, 3.05) is 12.5 Å². The fourth-order valence-corrected chi connectivity index (χ4v) is 0.707. The largest absolute Gasteiger partial charge is 0.364 e. The maximum Gasteiger partial charge on any atom is 0.364 e. The van der Waals surface area contributed by atoms with E-state index in [1.54, 1.807) is 7.05 Å². The molecule has 0 amide bonds. The Kier molecular flexibility index (Phi) is 1.75. The third kappa shape index (κ3) is 0.896. The van der Waals surface area contributed by atoms with Crippen LogP contribution in [0.25, 0.3) is 0 Å².